The lowest BCUT2D eigenvalue weighted by Crippen LogP contribution is -2.40. The summed E-state index contributed by atoms with van der Waals surface area (Å²) in [5.41, 5.74) is 0.333. The Balaban J connectivity index is 1.96. The van der Waals surface area contributed by atoms with Crippen molar-refractivity contribution < 1.29 is 19.1 Å². The maximum atomic E-state index is 12.2. The van der Waals surface area contributed by atoms with Crippen LogP contribution in [0.5, 0.6) is 5.75 Å². The van der Waals surface area contributed by atoms with Crippen molar-refractivity contribution in [3.8, 4) is 5.75 Å². The van der Waals surface area contributed by atoms with E-state index in [0.29, 0.717) is 15.8 Å². The molecular formula is C16H20BrNO4. The maximum Gasteiger partial charge on any atom is 0.340 e. The van der Waals surface area contributed by atoms with Gasteiger partial charge in [0.1, 0.15) is 5.75 Å². The molecule has 0 heterocycles. The zero-order valence-corrected chi connectivity index (χ0v) is 14.3. The van der Waals surface area contributed by atoms with Crippen LogP contribution in [0.4, 0.5) is 0 Å². The topological polar surface area (TPSA) is 64.6 Å². The van der Waals surface area contributed by atoms with Gasteiger partial charge in [-0.1, -0.05) is 12.8 Å². The van der Waals surface area contributed by atoms with E-state index in [2.05, 4.69) is 21.2 Å². The largest absolute Gasteiger partial charge is 0.497 e. The molecule has 0 radical (unpaired) electrons. The zero-order valence-electron chi connectivity index (χ0n) is 12.7. The SMILES string of the molecule is COc1ccc(Br)c(C(=O)O[C@H](C)C(=O)NC2CCCC2)c1. The van der Waals surface area contributed by atoms with Crippen molar-refractivity contribution in [3.05, 3.63) is 28.2 Å². The number of halogens is 1. The second-order valence-electron chi connectivity index (χ2n) is 5.38. The van der Waals surface area contributed by atoms with Crippen molar-refractivity contribution in [2.75, 3.05) is 7.11 Å². The van der Waals surface area contributed by atoms with E-state index in [1.165, 1.54) is 7.11 Å². The average Bonchev–Trinajstić information content (AvgIpc) is 3.00. The van der Waals surface area contributed by atoms with Gasteiger partial charge in [-0.05, 0) is 53.9 Å². The fourth-order valence-corrected chi connectivity index (χ4v) is 2.86. The number of benzene rings is 1. The van der Waals surface area contributed by atoms with Crippen molar-refractivity contribution in [2.24, 2.45) is 0 Å². The Hall–Kier alpha value is -1.56. The second kappa shape index (κ2) is 7.63. The highest BCUT2D eigenvalue weighted by Crippen LogP contribution is 2.23. The zero-order chi connectivity index (χ0) is 16.1. The Kier molecular flexibility index (Phi) is 5.83. The number of amides is 1. The van der Waals surface area contributed by atoms with Gasteiger partial charge in [0.05, 0.1) is 12.7 Å². The van der Waals surface area contributed by atoms with Crippen LogP contribution < -0.4 is 10.1 Å². The fourth-order valence-electron chi connectivity index (χ4n) is 2.45. The van der Waals surface area contributed by atoms with E-state index in [0.717, 1.165) is 25.7 Å². The van der Waals surface area contributed by atoms with E-state index in [1.54, 1.807) is 25.1 Å². The van der Waals surface area contributed by atoms with E-state index in [-0.39, 0.29) is 11.9 Å². The van der Waals surface area contributed by atoms with Crippen LogP contribution >= 0.6 is 15.9 Å². The molecule has 5 nitrogen and oxygen atoms in total. The van der Waals surface area contributed by atoms with Gasteiger partial charge in [-0.15, -0.1) is 0 Å². The van der Waals surface area contributed by atoms with E-state index in [1.807, 2.05) is 0 Å². The number of rotatable bonds is 5. The molecule has 0 spiro atoms. The standard InChI is InChI=1S/C16H20BrNO4/c1-10(15(19)18-11-5-3-4-6-11)22-16(20)13-9-12(21-2)7-8-14(13)17/h7-11H,3-6H2,1-2H3,(H,18,19)/t10-/m1/s1. The molecule has 6 heteroatoms. The molecule has 1 aliphatic rings. The van der Waals surface area contributed by atoms with Crippen molar-refractivity contribution in [1.29, 1.82) is 0 Å². The van der Waals surface area contributed by atoms with Crippen LogP contribution in [0.25, 0.3) is 0 Å². The molecule has 2 rings (SSSR count). The highest BCUT2D eigenvalue weighted by Gasteiger charge is 2.24. The Morgan fingerprint density at radius 2 is 2.00 bits per heavy atom. The first kappa shape index (κ1) is 16.8. The van der Waals surface area contributed by atoms with Crippen molar-refractivity contribution in [2.45, 2.75) is 44.8 Å². The summed E-state index contributed by atoms with van der Waals surface area (Å²) >= 11 is 3.30. The van der Waals surface area contributed by atoms with Crippen LogP contribution in [-0.2, 0) is 9.53 Å². The Bertz CT molecular complexity index is 555. The number of hydrogen-bond acceptors (Lipinski definition) is 4. The van der Waals surface area contributed by atoms with Gasteiger partial charge in [-0.2, -0.15) is 0 Å². The number of nitrogens with one attached hydrogen (secondary N) is 1. The van der Waals surface area contributed by atoms with Crippen LogP contribution in [-0.4, -0.2) is 31.1 Å². The predicted octanol–water partition coefficient (Wildman–Crippen LogP) is 3.06. The van der Waals surface area contributed by atoms with Gasteiger partial charge in [-0.3, -0.25) is 4.79 Å². The minimum absolute atomic E-state index is 0.206. The maximum absolute atomic E-state index is 12.2. The van der Waals surface area contributed by atoms with E-state index >= 15 is 0 Å². The fraction of sp³-hybridized carbons (Fsp3) is 0.500. The summed E-state index contributed by atoms with van der Waals surface area (Å²) in [6.45, 7) is 1.58. The number of methoxy groups -OCH3 is 1. The summed E-state index contributed by atoms with van der Waals surface area (Å²) in [5.74, 6) is -0.252. The van der Waals surface area contributed by atoms with Gasteiger partial charge in [0.15, 0.2) is 6.10 Å². The summed E-state index contributed by atoms with van der Waals surface area (Å²) in [4.78, 5) is 24.2. The Labute approximate surface area is 138 Å². The lowest BCUT2D eigenvalue weighted by molar-refractivity contribution is -0.129. The van der Waals surface area contributed by atoms with Gasteiger partial charge in [0, 0.05) is 10.5 Å². The van der Waals surface area contributed by atoms with E-state index < -0.39 is 12.1 Å². The molecule has 1 N–H and O–H groups in total. The summed E-state index contributed by atoms with van der Waals surface area (Å²) in [6, 6.07) is 5.22. The van der Waals surface area contributed by atoms with Gasteiger partial charge in [0.25, 0.3) is 5.91 Å². The Morgan fingerprint density at radius 3 is 2.64 bits per heavy atom. The van der Waals surface area contributed by atoms with Crippen LogP contribution in [0.1, 0.15) is 43.0 Å². The summed E-state index contributed by atoms with van der Waals surface area (Å²) in [6.07, 6.45) is 3.43. The van der Waals surface area contributed by atoms with E-state index in [9.17, 15) is 9.59 Å². The number of esters is 1. The lowest BCUT2D eigenvalue weighted by Gasteiger charge is -2.17. The molecule has 0 unspecified atom stereocenters. The van der Waals surface area contributed by atoms with Gasteiger partial charge >= 0.3 is 5.97 Å². The normalized spacial score (nSPS) is 16.1. The number of carbonyl (C=O) groups is 2. The first-order chi connectivity index (χ1) is 10.5. The average molecular weight is 370 g/mol. The summed E-state index contributed by atoms with van der Waals surface area (Å²) in [5, 5.41) is 2.92. The lowest BCUT2D eigenvalue weighted by atomic mass is 10.2. The predicted molar refractivity (Wildman–Crippen MR) is 86.0 cm³/mol. The highest BCUT2D eigenvalue weighted by molar-refractivity contribution is 9.10. The molecule has 1 atom stereocenters. The van der Waals surface area contributed by atoms with Gasteiger partial charge in [0.2, 0.25) is 0 Å². The number of carbonyl (C=O) groups excluding carboxylic acids is 2. The van der Waals surface area contributed by atoms with Gasteiger partial charge in [-0.25, -0.2) is 4.79 Å². The molecule has 1 saturated carbocycles. The third-order valence-corrected chi connectivity index (χ3v) is 4.44. The third kappa shape index (κ3) is 4.22. The molecule has 0 aliphatic heterocycles. The molecule has 1 fully saturated rings. The van der Waals surface area contributed by atoms with Crippen LogP contribution in [0.15, 0.2) is 22.7 Å². The molecular weight excluding hydrogens is 350 g/mol. The quantitative estimate of drug-likeness (QED) is 0.810. The summed E-state index contributed by atoms with van der Waals surface area (Å²) < 4.78 is 10.9. The third-order valence-electron chi connectivity index (χ3n) is 3.75. The molecule has 120 valence electrons. The van der Waals surface area contributed by atoms with Crippen molar-refractivity contribution >= 4 is 27.8 Å². The molecule has 1 aromatic carbocycles. The minimum atomic E-state index is -0.828. The van der Waals surface area contributed by atoms with Crippen molar-refractivity contribution in [3.63, 3.8) is 0 Å². The first-order valence-electron chi connectivity index (χ1n) is 7.36. The Morgan fingerprint density at radius 1 is 1.32 bits per heavy atom. The van der Waals surface area contributed by atoms with Crippen LogP contribution in [0.2, 0.25) is 0 Å². The molecule has 0 saturated heterocycles. The van der Waals surface area contributed by atoms with Crippen LogP contribution in [0, 0.1) is 0 Å². The number of hydrogen-bond donors (Lipinski definition) is 1. The van der Waals surface area contributed by atoms with Crippen LogP contribution in [0.3, 0.4) is 0 Å². The summed E-state index contributed by atoms with van der Waals surface area (Å²) in [7, 11) is 1.52. The molecule has 22 heavy (non-hydrogen) atoms. The molecule has 1 aromatic rings. The molecule has 1 amide bonds. The minimum Gasteiger partial charge on any atom is -0.497 e. The smallest absolute Gasteiger partial charge is 0.340 e. The monoisotopic (exact) mass is 369 g/mol. The highest BCUT2D eigenvalue weighted by atomic mass is 79.9. The van der Waals surface area contributed by atoms with Crippen molar-refractivity contribution in [1.82, 2.24) is 5.32 Å². The van der Waals surface area contributed by atoms with E-state index in [4.69, 9.17) is 9.47 Å². The number of ether oxygens (including phenoxy) is 2. The van der Waals surface area contributed by atoms with Gasteiger partial charge < -0.3 is 14.8 Å². The molecule has 0 bridgehead atoms. The molecule has 0 aromatic heterocycles. The second-order valence-corrected chi connectivity index (χ2v) is 6.24. The first-order valence-corrected chi connectivity index (χ1v) is 8.15. The molecule has 1 aliphatic carbocycles.